The fraction of sp³-hybridized carbons (Fsp3) is 0.240. The van der Waals surface area contributed by atoms with Crippen LogP contribution in [0, 0.1) is 5.41 Å². The minimum Gasteiger partial charge on any atom is -0.480 e. The van der Waals surface area contributed by atoms with Crippen LogP contribution in [0.5, 0.6) is 0 Å². The molecule has 1 aliphatic heterocycles. The van der Waals surface area contributed by atoms with Crippen LogP contribution in [0.15, 0.2) is 53.5 Å². The zero-order valence-electron chi connectivity index (χ0n) is 21.3. The third-order valence-electron chi connectivity index (χ3n) is 5.93. The van der Waals surface area contributed by atoms with Crippen LogP contribution in [0.2, 0.25) is 0 Å². The van der Waals surface area contributed by atoms with Gasteiger partial charge in [-0.05, 0) is 36.4 Å². The second kappa shape index (κ2) is 12.9. The fourth-order valence-corrected chi connectivity index (χ4v) is 3.94. The number of nitrogens with zero attached hydrogens (tertiary/aromatic N) is 3. The summed E-state index contributed by atoms with van der Waals surface area (Å²) in [7, 11) is 0. The summed E-state index contributed by atoms with van der Waals surface area (Å²) < 4.78 is 0. The van der Waals surface area contributed by atoms with E-state index in [2.05, 4.69) is 15.6 Å². The summed E-state index contributed by atoms with van der Waals surface area (Å²) in [4.78, 5) is 68.7. The molecule has 210 valence electrons. The van der Waals surface area contributed by atoms with Crippen LogP contribution in [-0.4, -0.2) is 95.1 Å². The maximum Gasteiger partial charge on any atom is 0.323 e. The summed E-state index contributed by atoms with van der Waals surface area (Å²) in [6.45, 7) is -1.35. The van der Waals surface area contributed by atoms with E-state index in [0.717, 1.165) is 4.90 Å². The molecule has 1 aliphatic rings. The number of hydrogen-bond donors (Lipinski definition) is 7. The monoisotopic (exact) mass is 551 g/mol. The fourth-order valence-electron chi connectivity index (χ4n) is 3.94. The number of hydrogen-bond acceptors (Lipinski definition) is 7. The molecule has 2 aromatic rings. The molecular formula is C25H29N9O6. The van der Waals surface area contributed by atoms with Gasteiger partial charge in [0.25, 0.3) is 11.8 Å². The van der Waals surface area contributed by atoms with E-state index in [1.54, 1.807) is 0 Å². The third-order valence-corrected chi connectivity index (χ3v) is 5.93. The molecule has 0 spiro atoms. The number of amidine groups is 1. The number of nitrogens with one attached hydrogen (secondary N) is 3. The van der Waals surface area contributed by atoms with E-state index in [9.17, 15) is 24.0 Å². The number of nitrogen functional groups attached to an aromatic ring is 1. The molecule has 0 aromatic heterocycles. The average molecular weight is 552 g/mol. The molecule has 1 atom stereocenters. The Kier molecular flexibility index (Phi) is 9.35. The largest absolute Gasteiger partial charge is 0.480 e. The number of carboxylic acids is 1. The van der Waals surface area contributed by atoms with Gasteiger partial charge in [-0.3, -0.25) is 29.4 Å². The number of piperazine rings is 1. The van der Waals surface area contributed by atoms with Gasteiger partial charge in [-0.2, -0.15) is 0 Å². The van der Waals surface area contributed by atoms with Crippen LogP contribution in [0.25, 0.3) is 0 Å². The number of aliphatic imine (C=N–C) groups is 1. The lowest BCUT2D eigenvalue weighted by molar-refractivity contribution is -0.154. The van der Waals surface area contributed by atoms with Crippen molar-refractivity contribution in [2.24, 2.45) is 22.2 Å². The topological polar surface area (TPSA) is 250 Å². The van der Waals surface area contributed by atoms with Crippen LogP contribution in [0.4, 0.5) is 5.69 Å². The molecular weight excluding hydrogens is 522 g/mol. The normalized spacial score (nSPS) is 14.7. The van der Waals surface area contributed by atoms with Crippen molar-refractivity contribution in [2.75, 3.05) is 32.7 Å². The minimum atomic E-state index is -1.22. The Bertz CT molecular complexity index is 1340. The Labute approximate surface area is 228 Å². The number of carbonyl (C=O) groups is 5. The van der Waals surface area contributed by atoms with Gasteiger partial charge < -0.3 is 42.7 Å². The molecule has 0 bridgehead atoms. The highest BCUT2D eigenvalue weighted by atomic mass is 16.4. The van der Waals surface area contributed by atoms with Crippen molar-refractivity contribution in [1.29, 1.82) is 5.41 Å². The molecule has 0 radical (unpaired) electrons. The summed E-state index contributed by atoms with van der Waals surface area (Å²) in [5, 5.41) is 21.6. The highest BCUT2D eigenvalue weighted by molar-refractivity contribution is 6.00. The van der Waals surface area contributed by atoms with E-state index < -0.39 is 48.7 Å². The molecule has 0 unspecified atom stereocenters. The predicted molar refractivity (Wildman–Crippen MR) is 144 cm³/mol. The molecule has 0 saturated carbocycles. The number of aliphatic carboxylic acids is 1. The molecule has 15 heteroatoms. The Morgan fingerprint density at radius 1 is 0.900 bits per heavy atom. The molecule has 0 aliphatic carbocycles. The van der Waals surface area contributed by atoms with Gasteiger partial charge >= 0.3 is 5.97 Å². The number of amides is 4. The van der Waals surface area contributed by atoms with Gasteiger partial charge in [0.05, 0.1) is 12.2 Å². The van der Waals surface area contributed by atoms with Gasteiger partial charge in [-0.1, -0.05) is 12.1 Å². The Morgan fingerprint density at radius 2 is 1.45 bits per heavy atom. The number of nitrogens with two attached hydrogens (primary N) is 3. The maximum absolute atomic E-state index is 13.1. The smallest absolute Gasteiger partial charge is 0.323 e. The molecule has 15 nitrogen and oxygen atoms in total. The number of rotatable bonds is 10. The molecule has 3 rings (SSSR count). The second-order valence-electron chi connectivity index (χ2n) is 8.72. The molecule has 1 fully saturated rings. The van der Waals surface area contributed by atoms with Crippen molar-refractivity contribution in [3.05, 3.63) is 65.2 Å². The van der Waals surface area contributed by atoms with Crippen LogP contribution >= 0.6 is 0 Å². The highest BCUT2D eigenvalue weighted by Crippen LogP contribution is 2.14. The van der Waals surface area contributed by atoms with Gasteiger partial charge in [0, 0.05) is 36.3 Å². The van der Waals surface area contributed by atoms with Gasteiger partial charge in [-0.15, -0.1) is 0 Å². The number of carboxylic acid groups (broad SMARTS) is 1. The SMILES string of the molecule is N=C(N)c1ccc(C(=O)NCC(=O)N2CCN(CC(=O)O)C(=O)[C@@H]2CNC(=O)c2ccc(N=C(N)N)cc2)cc1. The zero-order valence-corrected chi connectivity index (χ0v) is 21.3. The van der Waals surface area contributed by atoms with E-state index in [4.69, 9.17) is 27.7 Å². The quantitative estimate of drug-likeness (QED) is 0.129. The summed E-state index contributed by atoms with van der Waals surface area (Å²) in [6.07, 6.45) is 0. The lowest BCUT2D eigenvalue weighted by Crippen LogP contribution is -2.63. The molecule has 10 N–H and O–H groups in total. The summed E-state index contributed by atoms with van der Waals surface area (Å²) in [5.74, 6) is -3.89. The summed E-state index contributed by atoms with van der Waals surface area (Å²) in [6, 6.07) is 10.7. The molecule has 4 amide bonds. The van der Waals surface area contributed by atoms with Crippen molar-refractivity contribution in [2.45, 2.75) is 6.04 Å². The van der Waals surface area contributed by atoms with Crippen LogP contribution < -0.4 is 27.8 Å². The van der Waals surface area contributed by atoms with Crippen LogP contribution in [0.3, 0.4) is 0 Å². The van der Waals surface area contributed by atoms with E-state index in [1.165, 1.54) is 53.4 Å². The van der Waals surface area contributed by atoms with Crippen molar-refractivity contribution < 1.29 is 29.1 Å². The predicted octanol–water partition coefficient (Wildman–Crippen LogP) is -1.84. The Hall–Kier alpha value is -5.47. The van der Waals surface area contributed by atoms with E-state index in [-0.39, 0.29) is 42.6 Å². The first-order valence-electron chi connectivity index (χ1n) is 12.0. The van der Waals surface area contributed by atoms with E-state index in [1.807, 2.05) is 0 Å². The van der Waals surface area contributed by atoms with Gasteiger partial charge in [0.2, 0.25) is 11.8 Å². The molecule has 1 heterocycles. The summed E-state index contributed by atoms with van der Waals surface area (Å²) in [5.41, 5.74) is 17.4. The standard InChI is InChI=1S/C25H29N9O6/c26-21(27)14-1-3-15(4-2-14)23(39)31-12-19(35)34-10-9-33(13-20(36)37)24(40)18(34)11-30-22(38)16-5-7-17(8-6-16)32-25(28)29/h1-8,18H,9-13H2,(H3,26,27)(H,30,38)(H,31,39)(H,36,37)(H4,28,29,32)/t18-/m0/s1. The molecule has 2 aromatic carbocycles. The highest BCUT2D eigenvalue weighted by Gasteiger charge is 2.38. The summed E-state index contributed by atoms with van der Waals surface area (Å²) >= 11 is 0. The van der Waals surface area contributed by atoms with Crippen LogP contribution in [0.1, 0.15) is 26.3 Å². The zero-order chi connectivity index (χ0) is 29.4. The first-order chi connectivity index (χ1) is 19.0. The van der Waals surface area contributed by atoms with Crippen molar-refractivity contribution in [3.8, 4) is 0 Å². The first-order valence-corrected chi connectivity index (χ1v) is 12.0. The lowest BCUT2D eigenvalue weighted by Gasteiger charge is -2.40. The Morgan fingerprint density at radius 3 is 2.00 bits per heavy atom. The van der Waals surface area contributed by atoms with E-state index >= 15 is 0 Å². The minimum absolute atomic E-state index is 0.00518. The van der Waals surface area contributed by atoms with Crippen LogP contribution in [-0.2, 0) is 14.4 Å². The maximum atomic E-state index is 13.1. The second-order valence-corrected chi connectivity index (χ2v) is 8.72. The molecule has 1 saturated heterocycles. The third kappa shape index (κ3) is 7.53. The molecule has 40 heavy (non-hydrogen) atoms. The van der Waals surface area contributed by atoms with Crippen molar-refractivity contribution in [1.82, 2.24) is 20.4 Å². The van der Waals surface area contributed by atoms with E-state index in [0.29, 0.717) is 11.3 Å². The lowest BCUT2D eigenvalue weighted by atomic mass is 10.1. The number of carbonyl (C=O) groups excluding carboxylic acids is 4. The first kappa shape index (κ1) is 29.1. The van der Waals surface area contributed by atoms with Gasteiger partial charge in [0.1, 0.15) is 18.4 Å². The average Bonchev–Trinajstić information content (AvgIpc) is 2.91. The van der Waals surface area contributed by atoms with Gasteiger partial charge in [0.15, 0.2) is 5.96 Å². The van der Waals surface area contributed by atoms with Crippen molar-refractivity contribution in [3.63, 3.8) is 0 Å². The number of guanidine groups is 1. The van der Waals surface area contributed by atoms with Gasteiger partial charge in [-0.25, -0.2) is 4.99 Å². The Balaban J connectivity index is 1.68. The van der Waals surface area contributed by atoms with Crippen molar-refractivity contribution >= 4 is 47.1 Å². The number of benzene rings is 2.